The molecule has 8 nitrogen and oxygen atoms in total. The molecule has 39 heavy (non-hydrogen) atoms. The average Bonchev–Trinajstić information content (AvgIpc) is 3.09. The molecular weight excluding hydrogens is 538 g/mol. The average molecular weight is 564 g/mol. The Morgan fingerprint density at radius 3 is 2.51 bits per heavy atom. The molecule has 0 spiro atoms. The van der Waals surface area contributed by atoms with Crippen molar-refractivity contribution in [2.45, 2.75) is 31.0 Å². The minimum absolute atomic E-state index is 0.0199. The largest absolute Gasteiger partial charge is 0.495 e. The number of aryl methyl sites for hydroxylation is 1. The molecule has 0 saturated carbocycles. The van der Waals surface area contributed by atoms with Gasteiger partial charge in [0.15, 0.2) is 15.7 Å². The molecule has 2 aromatic carbocycles. The van der Waals surface area contributed by atoms with Gasteiger partial charge in [0, 0.05) is 19.2 Å². The second-order valence-corrected chi connectivity index (χ2v) is 10.8. The van der Waals surface area contributed by atoms with Gasteiger partial charge in [-0.2, -0.15) is 18.2 Å². The highest BCUT2D eigenvalue weighted by Crippen LogP contribution is 2.34. The molecule has 4 rings (SSSR count). The lowest BCUT2D eigenvalue weighted by molar-refractivity contribution is -0.115. The summed E-state index contributed by atoms with van der Waals surface area (Å²) in [6.07, 6.45) is 0.0816. The summed E-state index contributed by atoms with van der Waals surface area (Å²) in [4.78, 5) is 13.1. The zero-order chi connectivity index (χ0) is 28.4. The van der Waals surface area contributed by atoms with Crippen LogP contribution in [0.3, 0.4) is 0 Å². The van der Waals surface area contributed by atoms with Gasteiger partial charge in [0.25, 0.3) is 0 Å². The number of ether oxygens (including phenoxy) is 1. The standard InChI is InChI=1S/C26H25F4N5O3S/c1-15-7-8-16(11-18(15)27)13-31-25-34-20-6-4-5-19(33-23(20)24(35-25)32-14-26(28,29)30)17-9-10-21(38-2)22(12-17)39(3,36)37/h4,6-12H,5,13-14H2,1-3H3,(H2,31,32,34,35). The van der Waals surface area contributed by atoms with E-state index in [1.807, 2.05) is 0 Å². The minimum atomic E-state index is -4.53. The first-order valence-electron chi connectivity index (χ1n) is 11.7. The molecule has 206 valence electrons. The molecular formula is C26H25F4N5O3S. The van der Waals surface area contributed by atoms with E-state index in [9.17, 15) is 26.0 Å². The minimum Gasteiger partial charge on any atom is -0.495 e. The van der Waals surface area contributed by atoms with E-state index in [0.717, 1.165) is 6.26 Å². The summed E-state index contributed by atoms with van der Waals surface area (Å²) in [6.45, 7) is 0.400. The maximum Gasteiger partial charge on any atom is 0.405 e. The lowest BCUT2D eigenvalue weighted by atomic mass is 10.1. The Morgan fingerprint density at radius 2 is 1.85 bits per heavy atom. The fraction of sp³-hybridized carbons (Fsp3) is 0.269. The molecule has 0 radical (unpaired) electrons. The number of methoxy groups -OCH3 is 1. The van der Waals surface area contributed by atoms with E-state index < -0.39 is 22.6 Å². The van der Waals surface area contributed by atoms with Gasteiger partial charge in [0.2, 0.25) is 5.95 Å². The van der Waals surface area contributed by atoms with Gasteiger partial charge in [-0.15, -0.1) is 0 Å². The normalized spacial score (nSPS) is 13.4. The molecule has 2 heterocycles. The van der Waals surface area contributed by atoms with Gasteiger partial charge in [0.05, 0.1) is 18.5 Å². The quantitative estimate of drug-likeness (QED) is 0.351. The van der Waals surface area contributed by atoms with Crippen LogP contribution in [0.2, 0.25) is 0 Å². The summed E-state index contributed by atoms with van der Waals surface area (Å²) in [5.41, 5.74) is 2.23. The van der Waals surface area contributed by atoms with Crippen LogP contribution in [0.15, 0.2) is 52.4 Å². The van der Waals surface area contributed by atoms with Crippen LogP contribution in [0, 0.1) is 12.7 Å². The van der Waals surface area contributed by atoms with Crippen molar-refractivity contribution < 1.29 is 30.7 Å². The molecule has 0 atom stereocenters. The van der Waals surface area contributed by atoms with Gasteiger partial charge >= 0.3 is 6.18 Å². The van der Waals surface area contributed by atoms with E-state index in [2.05, 4.69) is 25.6 Å². The molecule has 0 saturated heterocycles. The number of alkyl halides is 3. The molecule has 13 heteroatoms. The summed E-state index contributed by atoms with van der Waals surface area (Å²) in [6, 6.07) is 9.20. The number of benzene rings is 2. The van der Waals surface area contributed by atoms with Crippen LogP contribution < -0.4 is 15.4 Å². The van der Waals surface area contributed by atoms with Crippen LogP contribution in [0.5, 0.6) is 5.75 Å². The fourth-order valence-corrected chi connectivity index (χ4v) is 4.66. The highest BCUT2D eigenvalue weighted by molar-refractivity contribution is 7.90. The smallest absolute Gasteiger partial charge is 0.405 e. The fourth-order valence-electron chi connectivity index (χ4n) is 3.80. The molecule has 0 aliphatic carbocycles. The first-order chi connectivity index (χ1) is 18.3. The van der Waals surface area contributed by atoms with Gasteiger partial charge in [-0.05, 0) is 54.0 Å². The number of halogens is 4. The Bertz CT molecular complexity index is 1570. The van der Waals surface area contributed by atoms with E-state index in [-0.39, 0.29) is 52.6 Å². The molecule has 0 bridgehead atoms. The van der Waals surface area contributed by atoms with E-state index >= 15 is 0 Å². The van der Waals surface area contributed by atoms with Gasteiger partial charge < -0.3 is 15.4 Å². The first-order valence-corrected chi connectivity index (χ1v) is 13.6. The van der Waals surface area contributed by atoms with E-state index in [0.29, 0.717) is 22.4 Å². The second kappa shape index (κ2) is 11.0. The Hall–Kier alpha value is -4.00. The van der Waals surface area contributed by atoms with Gasteiger partial charge in [0.1, 0.15) is 28.7 Å². The maximum absolute atomic E-state index is 13.9. The van der Waals surface area contributed by atoms with Crippen LogP contribution in [-0.4, -0.2) is 50.2 Å². The van der Waals surface area contributed by atoms with Crippen LogP contribution in [0.1, 0.15) is 28.8 Å². The van der Waals surface area contributed by atoms with Gasteiger partial charge in [-0.1, -0.05) is 18.2 Å². The zero-order valence-electron chi connectivity index (χ0n) is 21.2. The third-order valence-corrected chi connectivity index (χ3v) is 6.90. The maximum atomic E-state index is 13.9. The van der Waals surface area contributed by atoms with Crippen molar-refractivity contribution >= 4 is 39.1 Å². The summed E-state index contributed by atoms with van der Waals surface area (Å²) in [5.74, 6) is -0.374. The van der Waals surface area contributed by atoms with E-state index in [1.165, 1.54) is 25.3 Å². The monoisotopic (exact) mass is 563 g/mol. The Morgan fingerprint density at radius 1 is 1.08 bits per heavy atom. The van der Waals surface area contributed by atoms with Crippen LogP contribution >= 0.6 is 0 Å². The van der Waals surface area contributed by atoms with Crippen molar-refractivity contribution in [2.24, 2.45) is 4.99 Å². The number of aliphatic imine (C=N–C) groups is 1. The Kier molecular flexibility index (Phi) is 7.91. The van der Waals surface area contributed by atoms with Crippen molar-refractivity contribution in [1.82, 2.24) is 9.97 Å². The first kappa shape index (κ1) is 28.0. The number of rotatable bonds is 8. The van der Waals surface area contributed by atoms with Crippen molar-refractivity contribution in [1.29, 1.82) is 0 Å². The lowest BCUT2D eigenvalue weighted by Crippen LogP contribution is -2.22. The third-order valence-electron chi connectivity index (χ3n) is 5.78. The molecule has 0 amide bonds. The topological polar surface area (TPSA) is 106 Å². The van der Waals surface area contributed by atoms with Crippen molar-refractivity contribution in [3.8, 4) is 5.75 Å². The number of nitrogens with zero attached hydrogens (tertiary/aromatic N) is 3. The number of aromatic nitrogens is 2. The second-order valence-electron chi connectivity index (χ2n) is 8.84. The number of fused-ring (bicyclic) bond motifs is 1. The predicted octanol–water partition coefficient (Wildman–Crippen LogP) is 5.46. The SMILES string of the molecule is COc1ccc(C2=Nc3c(nc(NCc4ccc(C)c(F)c4)nc3NCC(F)(F)F)C=CC2)cc1S(C)(=O)=O. The van der Waals surface area contributed by atoms with E-state index in [1.54, 1.807) is 37.3 Å². The highest BCUT2D eigenvalue weighted by Gasteiger charge is 2.28. The van der Waals surface area contributed by atoms with Crippen LogP contribution in [0.25, 0.3) is 6.08 Å². The van der Waals surface area contributed by atoms with Crippen LogP contribution in [-0.2, 0) is 16.4 Å². The molecule has 0 fully saturated rings. The number of nitrogens with one attached hydrogen (secondary N) is 2. The summed E-state index contributed by atoms with van der Waals surface area (Å²) in [7, 11) is -2.29. The molecule has 1 aliphatic heterocycles. The molecule has 3 aromatic rings. The Labute approximate surface area is 222 Å². The predicted molar refractivity (Wildman–Crippen MR) is 141 cm³/mol. The summed E-state index contributed by atoms with van der Waals surface area (Å²) >= 11 is 0. The zero-order valence-corrected chi connectivity index (χ0v) is 22.0. The van der Waals surface area contributed by atoms with Gasteiger partial charge in [-0.3, -0.25) is 0 Å². The Balaban J connectivity index is 1.75. The van der Waals surface area contributed by atoms with E-state index in [4.69, 9.17) is 4.74 Å². The highest BCUT2D eigenvalue weighted by atomic mass is 32.2. The number of hydrogen-bond donors (Lipinski definition) is 2. The lowest BCUT2D eigenvalue weighted by Gasteiger charge is -2.15. The third kappa shape index (κ3) is 6.91. The molecule has 0 unspecified atom stereocenters. The van der Waals surface area contributed by atoms with Crippen molar-refractivity contribution in [2.75, 3.05) is 30.5 Å². The van der Waals surface area contributed by atoms with Gasteiger partial charge in [-0.25, -0.2) is 22.8 Å². The number of hydrogen-bond acceptors (Lipinski definition) is 8. The number of allylic oxidation sites excluding steroid dienone is 1. The number of anilines is 2. The summed E-state index contributed by atoms with van der Waals surface area (Å²) < 4.78 is 82.9. The molecule has 1 aromatic heterocycles. The van der Waals surface area contributed by atoms with Crippen molar-refractivity contribution in [3.63, 3.8) is 0 Å². The van der Waals surface area contributed by atoms with Crippen LogP contribution in [0.4, 0.5) is 35.0 Å². The molecule has 2 N–H and O–H groups in total. The summed E-state index contributed by atoms with van der Waals surface area (Å²) in [5, 5.41) is 5.21. The molecule has 1 aliphatic rings. The number of sulfone groups is 1. The van der Waals surface area contributed by atoms with Crippen molar-refractivity contribution in [3.05, 3.63) is 70.7 Å².